The fourth-order valence-electron chi connectivity index (χ4n) is 3.02. The predicted molar refractivity (Wildman–Crippen MR) is 108 cm³/mol. The van der Waals surface area contributed by atoms with Crippen LogP contribution in [0, 0.1) is 87.3 Å². The average molecular weight is 702 g/mol. The first-order valence-electron chi connectivity index (χ1n) is 9.86. The van der Waals surface area contributed by atoms with E-state index < -0.39 is 118 Å². The molecule has 17 heteroatoms. The van der Waals surface area contributed by atoms with Crippen LogP contribution >= 0.6 is 0 Å². The molecule has 3 aromatic carbocycles. The molecule has 0 aliphatic rings. The molecule has 0 aliphatic carbocycles. The van der Waals surface area contributed by atoms with Gasteiger partial charge in [0.25, 0.3) is 0 Å². The maximum absolute atomic E-state index is 14.4. The maximum Gasteiger partial charge on any atom is 0.0267 e. The molecule has 0 radical (unpaired) electrons. The Kier molecular flexibility index (Phi) is 9.32. The first-order chi connectivity index (χ1) is 18.7. The third kappa shape index (κ3) is 5.20. The molecular weight excluding hydrogens is 697 g/mol. The van der Waals surface area contributed by atoms with E-state index >= 15 is 0 Å². The van der Waals surface area contributed by atoms with Crippen LogP contribution in [0.25, 0.3) is 0 Å². The molecule has 4 aromatic rings. The molecule has 0 spiro atoms. The van der Waals surface area contributed by atoms with Gasteiger partial charge >= 0.3 is 184 Å². The number of aromatic nitrogens is 1. The van der Waals surface area contributed by atoms with Crippen LogP contribution in [0.4, 0.5) is 65.9 Å². The summed E-state index contributed by atoms with van der Waals surface area (Å²) in [5.41, 5.74) is 0. The summed E-state index contributed by atoms with van der Waals surface area (Å²) in [5, 5.41) is 0. The van der Waals surface area contributed by atoms with Crippen molar-refractivity contribution in [1.29, 1.82) is 0 Å². The van der Waals surface area contributed by atoms with Crippen molar-refractivity contribution in [2.45, 2.75) is 0 Å². The molecule has 0 atom stereocenters. The minimum absolute atomic E-state index is 1.75. The Morgan fingerprint density at radius 2 is 0.500 bits per heavy atom. The molecule has 1 aromatic heterocycles. The zero-order chi connectivity index (χ0) is 30.2. The van der Waals surface area contributed by atoms with Gasteiger partial charge in [-0.1, -0.05) is 6.07 Å². The van der Waals surface area contributed by atoms with Gasteiger partial charge in [-0.25, -0.2) is 0 Å². The number of benzene rings is 3. The van der Waals surface area contributed by atoms with Crippen molar-refractivity contribution < 1.29 is 65.9 Å². The van der Waals surface area contributed by atoms with Crippen LogP contribution in [-0.4, -0.2) is 25.2 Å². The molecular formula is C23H5F15NSb. The molecule has 0 aliphatic heterocycles. The van der Waals surface area contributed by atoms with Gasteiger partial charge in [-0.05, 0) is 12.1 Å². The standard InChI is InChI=1S/3C6F5.C5H5N.Sb/c3*7-2-1-3(8)5(10)6(11)4(2)9;1-2-4-6-5-3-1;/h;;;1-5H;. The molecule has 212 valence electrons. The van der Waals surface area contributed by atoms with E-state index in [0.717, 1.165) is 0 Å². The van der Waals surface area contributed by atoms with Crippen molar-refractivity contribution in [2.24, 2.45) is 0 Å². The third-order valence-corrected chi connectivity index (χ3v) is 12.0. The quantitative estimate of drug-likeness (QED) is 0.121. The van der Waals surface area contributed by atoms with E-state index in [1.165, 1.54) is 0 Å². The molecule has 0 bridgehead atoms. The fourth-order valence-corrected chi connectivity index (χ4v) is 9.97. The Hall–Kier alpha value is -3.42. The molecule has 0 unspecified atom stereocenters. The Labute approximate surface area is 219 Å². The Bertz CT molecular complexity index is 1330. The van der Waals surface area contributed by atoms with Crippen molar-refractivity contribution >= 4 is 30.7 Å². The van der Waals surface area contributed by atoms with Crippen molar-refractivity contribution in [3.8, 4) is 0 Å². The van der Waals surface area contributed by atoms with Crippen LogP contribution in [0.2, 0.25) is 0 Å². The van der Waals surface area contributed by atoms with E-state index in [1.807, 2.05) is 18.2 Å². The van der Waals surface area contributed by atoms with E-state index in [-0.39, 0.29) is 0 Å². The maximum atomic E-state index is 14.4. The minimum atomic E-state index is -6.61. The summed E-state index contributed by atoms with van der Waals surface area (Å²) in [6.07, 6.45) is 3.50. The monoisotopic (exact) mass is 701 g/mol. The van der Waals surface area contributed by atoms with Crippen LogP contribution in [0.15, 0.2) is 30.6 Å². The summed E-state index contributed by atoms with van der Waals surface area (Å²) >= 11 is -6.61. The topological polar surface area (TPSA) is 12.9 Å². The van der Waals surface area contributed by atoms with Crippen LogP contribution < -0.4 is 10.5 Å². The van der Waals surface area contributed by atoms with Crippen LogP contribution in [0.3, 0.4) is 0 Å². The van der Waals surface area contributed by atoms with Gasteiger partial charge in [0.15, 0.2) is 0 Å². The average Bonchev–Trinajstić information content (AvgIpc) is 2.96. The molecule has 40 heavy (non-hydrogen) atoms. The van der Waals surface area contributed by atoms with Crippen LogP contribution in [0.5, 0.6) is 0 Å². The van der Waals surface area contributed by atoms with Gasteiger partial charge in [0.1, 0.15) is 0 Å². The van der Waals surface area contributed by atoms with Crippen molar-refractivity contribution in [1.82, 2.24) is 4.98 Å². The zero-order valence-corrected chi connectivity index (χ0v) is 21.0. The van der Waals surface area contributed by atoms with E-state index in [4.69, 9.17) is 0 Å². The zero-order valence-electron chi connectivity index (χ0n) is 18.5. The minimum Gasteiger partial charge on any atom is -0.265 e. The molecule has 1 heterocycles. The second kappa shape index (κ2) is 12.0. The number of pyridine rings is 1. The van der Waals surface area contributed by atoms with E-state index in [9.17, 15) is 65.9 Å². The van der Waals surface area contributed by atoms with Crippen molar-refractivity contribution in [3.63, 3.8) is 0 Å². The van der Waals surface area contributed by atoms with Gasteiger partial charge in [-0.2, -0.15) is 0 Å². The van der Waals surface area contributed by atoms with E-state index in [0.29, 0.717) is 0 Å². The number of nitrogens with zero attached hydrogens (tertiary/aromatic N) is 1. The molecule has 1 nitrogen and oxygen atoms in total. The molecule has 0 amide bonds. The van der Waals surface area contributed by atoms with Gasteiger partial charge in [0, 0.05) is 12.4 Å². The Morgan fingerprint density at radius 3 is 0.650 bits per heavy atom. The summed E-state index contributed by atoms with van der Waals surface area (Å²) in [7, 11) is 0. The summed E-state index contributed by atoms with van der Waals surface area (Å²) in [6.45, 7) is 0. The molecule has 4 rings (SSSR count). The fraction of sp³-hybridized carbons (Fsp3) is 0. The molecule has 0 N–H and O–H groups in total. The third-order valence-electron chi connectivity index (χ3n) is 4.80. The normalized spacial score (nSPS) is 11.1. The van der Waals surface area contributed by atoms with Gasteiger partial charge in [-0.15, -0.1) is 0 Å². The predicted octanol–water partition coefficient (Wildman–Crippen LogP) is 5.37. The van der Waals surface area contributed by atoms with Crippen molar-refractivity contribution in [2.75, 3.05) is 0 Å². The molecule has 0 saturated carbocycles. The van der Waals surface area contributed by atoms with E-state index in [1.54, 1.807) is 12.4 Å². The first-order valence-corrected chi connectivity index (χ1v) is 13.7. The largest absolute Gasteiger partial charge is 0.265 e. The number of halogens is 15. The van der Waals surface area contributed by atoms with Gasteiger partial charge < -0.3 is 0 Å². The first kappa shape index (κ1) is 31.1. The second-order valence-electron chi connectivity index (χ2n) is 7.12. The Balaban J connectivity index is 0.000000649. The smallest absolute Gasteiger partial charge is 0.0267 e. The van der Waals surface area contributed by atoms with Crippen molar-refractivity contribution in [3.05, 3.63) is 118 Å². The van der Waals surface area contributed by atoms with Crippen LogP contribution in [0.1, 0.15) is 0 Å². The summed E-state index contributed by atoms with van der Waals surface area (Å²) < 4.78 is 202. The van der Waals surface area contributed by atoms with E-state index in [2.05, 4.69) is 4.98 Å². The van der Waals surface area contributed by atoms with Gasteiger partial charge in [0.05, 0.1) is 0 Å². The second-order valence-corrected chi connectivity index (χ2v) is 12.9. The van der Waals surface area contributed by atoms with Crippen LogP contribution in [-0.2, 0) is 0 Å². The number of rotatable bonds is 3. The summed E-state index contributed by atoms with van der Waals surface area (Å²) in [5.74, 6) is -44.4. The van der Waals surface area contributed by atoms with Gasteiger partial charge in [0.2, 0.25) is 0 Å². The summed E-state index contributed by atoms with van der Waals surface area (Å²) in [4.78, 5) is 3.78. The number of hydrogen-bond donors (Lipinski definition) is 0. The molecule has 0 saturated heterocycles. The Morgan fingerprint density at radius 1 is 0.300 bits per heavy atom. The SMILES string of the molecule is Fc1c(F)c(F)[c]([Sb]([c]2c(F)c(F)c(F)c(F)c2F)[c]2c(F)c(F)c(F)c(F)c2F)c(F)c1F.c1ccncc1. The number of hydrogen-bond acceptors (Lipinski definition) is 1. The molecule has 0 fully saturated rings. The van der Waals surface area contributed by atoms with Gasteiger partial charge in [-0.3, -0.25) is 4.98 Å². The summed E-state index contributed by atoms with van der Waals surface area (Å²) in [6, 6.07) is 5.72.